The predicted molar refractivity (Wildman–Crippen MR) is 129 cm³/mol. The molecule has 34 heavy (non-hydrogen) atoms. The van der Waals surface area contributed by atoms with Crippen molar-refractivity contribution < 1.29 is 18.8 Å². The first-order valence-corrected chi connectivity index (χ1v) is 12.1. The SMILES string of the molecule is O=C(CN1C(=O)[C@@H]2CCCCN2c2ccc(C(=O)N3CCCCC3)cc21)Nc1ccccc1F. The van der Waals surface area contributed by atoms with Crippen LogP contribution < -0.4 is 15.1 Å². The van der Waals surface area contributed by atoms with E-state index in [2.05, 4.69) is 10.2 Å². The van der Waals surface area contributed by atoms with Gasteiger partial charge in [-0.3, -0.25) is 19.3 Å². The van der Waals surface area contributed by atoms with Gasteiger partial charge in [0, 0.05) is 25.2 Å². The quantitative estimate of drug-likeness (QED) is 0.747. The van der Waals surface area contributed by atoms with Crippen LogP contribution in [0.25, 0.3) is 0 Å². The monoisotopic (exact) mass is 464 g/mol. The summed E-state index contributed by atoms with van der Waals surface area (Å²) in [4.78, 5) is 44.9. The summed E-state index contributed by atoms with van der Waals surface area (Å²) in [6.45, 7) is 1.99. The lowest BCUT2D eigenvalue weighted by Crippen LogP contribution is -2.56. The zero-order valence-corrected chi connectivity index (χ0v) is 19.1. The van der Waals surface area contributed by atoms with Crippen LogP contribution in [0.5, 0.6) is 0 Å². The summed E-state index contributed by atoms with van der Waals surface area (Å²) in [6, 6.07) is 11.1. The average molecular weight is 465 g/mol. The summed E-state index contributed by atoms with van der Waals surface area (Å²) in [5, 5.41) is 2.57. The minimum absolute atomic E-state index is 0.0496. The Kier molecular flexibility index (Phi) is 6.22. The highest BCUT2D eigenvalue weighted by Crippen LogP contribution is 2.40. The van der Waals surface area contributed by atoms with E-state index >= 15 is 0 Å². The van der Waals surface area contributed by atoms with Crippen molar-refractivity contribution in [2.75, 3.05) is 41.3 Å². The van der Waals surface area contributed by atoms with E-state index in [1.807, 2.05) is 17.0 Å². The van der Waals surface area contributed by atoms with E-state index in [-0.39, 0.29) is 30.1 Å². The van der Waals surface area contributed by atoms with Crippen LogP contribution in [0.4, 0.5) is 21.5 Å². The molecule has 8 heteroatoms. The highest BCUT2D eigenvalue weighted by Gasteiger charge is 2.40. The van der Waals surface area contributed by atoms with Crippen LogP contribution in [0.1, 0.15) is 48.9 Å². The number of nitrogens with one attached hydrogen (secondary N) is 1. The van der Waals surface area contributed by atoms with E-state index in [1.54, 1.807) is 18.2 Å². The van der Waals surface area contributed by atoms with Crippen molar-refractivity contribution in [2.24, 2.45) is 0 Å². The molecule has 2 saturated heterocycles. The van der Waals surface area contributed by atoms with Gasteiger partial charge < -0.3 is 15.1 Å². The first-order valence-electron chi connectivity index (χ1n) is 12.1. The van der Waals surface area contributed by atoms with Crippen LogP contribution in [0.3, 0.4) is 0 Å². The molecule has 3 heterocycles. The Hall–Kier alpha value is -3.42. The Morgan fingerprint density at radius 2 is 1.71 bits per heavy atom. The highest BCUT2D eigenvalue weighted by atomic mass is 19.1. The van der Waals surface area contributed by atoms with Crippen molar-refractivity contribution in [3.05, 3.63) is 53.8 Å². The molecular weight excluding hydrogens is 435 g/mol. The first kappa shape index (κ1) is 22.4. The molecule has 3 aliphatic heterocycles. The number of anilines is 3. The van der Waals surface area contributed by atoms with Gasteiger partial charge in [-0.05, 0) is 68.9 Å². The van der Waals surface area contributed by atoms with Crippen LogP contribution in [0.15, 0.2) is 42.5 Å². The first-order chi connectivity index (χ1) is 16.5. The maximum atomic E-state index is 14.0. The standard InChI is InChI=1S/C26H29FN4O3/c27-19-8-2-3-9-20(19)28-24(32)17-31-23-16-18(25(33)29-13-5-1-6-14-29)11-12-21(23)30-15-7-4-10-22(30)26(31)34/h2-3,8-9,11-12,16,22H,1,4-7,10,13-15,17H2,(H,28,32)/t22-/m0/s1. The second-order valence-electron chi connectivity index (χ2n) is 9.21. The Balaban J connectivity index is 1.46. The van der Waals surface area contributed by atoms with Crippen LogP contribution in [-0.4, -0.2) is 54.8 Å². The van der Waals surface area contributed by atoms with Crippen molar-refractivity contribution in [3.8, 4) is 0 Å². The number of nitrogens with zero attached hydrogens (tertiary/aromatic N) is 3. The summed E-state index contributed by atoms with van der Waals surface area (Å²) in [6.07, 6.45) is 5.77. The zero-order chi connectivity index (χ0) is 23.7. The molecule has 178 valence electrons. The number of para-hydroxylation sites is 1. The number of hydrogen-bond donors (Lipinski definition) is 1. The van der Waals surface area contributed by atoms with Crippen molar-refractivity contribution >= 4 is 34.8 Å². The van der Waals surface area contributed by atoms with Gasteiger partial charge in [0.1, 0.15) is 18.4 Å². The third kappa shape index (κ3) is 4.24. The molecule has 3 amide bonds. The fourth-order valence-corrected chi connectivity index (χ4v) is 5.23. The Morgan fingerprint density at radius 1 is 0.941 bits per heavy atom. The third-order valence-corrected chi connectivity index (χ3v) is 6.97. The zero-order valence-electron chi connectivity index (χ0n) is 19.1. The van der Waals surface area contributed by atoms with E-state index in [9.17, 15) is 18.8 Å². The lowest BCUT2D eigenvalue weighted by atomic mass is 9.95. The molecule has 5 rings (SSSR count). The summed E-state index contributed by atoms with van der Waals surface area (Å²) in [5.41, 5.74) is 2.02. The summed E-state index contributed by atoms with van der Waals surface area (Å²) < 4.78 is 14.0. The lowest BCUT2D eigenvalue weighted by molar-refractivity contribution is -0.123. The molecule has 0 saturated carbocycles. The van der Waals surface area contributed by atoms with Gasteiger partial charge in [-0.1, -0.05) is 12.1 Å². The molecule has 2 aromatic rings. The number of piperidine rings is 2. The summed E-state index contributed by atoms with van der Waals surface area (Å²) in [7, 11) is 0. The largest absolute Gasteiger partial charge is 0.358 e. The molecule has 2 fully saturated rings. The minimum Gasteiger partial charge on any atom is -0.358 e. The number of fused-ring (bicyclic) bond motifs is 3. The lowest BCUT2D eigenvalue weighted by Gasteiger charge is -2.45. The van der Waals surface area contributed by atoms with Crippen molar-refractivity contribution in [1.29, 1.82) is 0 Å². The Labute approximate surface area is 198 Å². The fraction of sp³-hybridized carbons (Fsp3) is 0.423. The Bertz CT molecular complexity index is 1110. The smallest absolute Gasteiger partial charge is 0.253 e. The highest BCUT2D eigenvalue weighted by molar-refractivity contribution is 6.11. The van der Waals surface area contributed by atoms with Gasteiger partial charge in [-0.2, -0.15) is 0 Å². The molecule has 0 spiro atoms. The van der Waals surface area contributed by atoms with Gasteiger partial charge in [0.15, 0.2) is 0 Å². The number of rotatable bonds is 4. The van der Waals surface area contributed by atoms with Crippen molar-refractivity contribution in [2.45, 2.75) is 44.6 Å². The molecule has 3 aliphatic rings. The van der Waals surface area contributed by atoms with Gasteiger partial charge in [-0.15, -0.1) is 0 Å². The molecule has 1 atom stereocenters. The van der Waals surface area contributed by atoms with Crippen molar-refractivity contribution in [3.63, 3.8) is 0 Å². The average Bonchev–Trinajstić information content (AvgIpc) is 2.87. The molecule has 1 N–H and O–H groups in total. The van der Waals surface area contributed by atoms with Crippen LogP contribution in [0.2, 0.25) is 0 Å². The van der Waals surface area contributed by atoms with Crippen LogP contribution >= 0.6 is 0 Å². The van der Waals surface area contributed by atoms with Crippen LogP contribution in [-0.2, 0) is 9.59 Å². The topological polar surface area (TPSA) is 73.0 Å². The normalized spacial score (nSPS) is 20.0. The van der Waals surface area contributed by atoms with E-state index in [0.717, 1.165) is 63.8 Å². The number of carbonyl (C=O) groups excluding carboxylic acids is 3. The maximum Gasteiger partial charge on any atom is 0.253 e. The number of amides is 3. The maximum absolute atomic E-state index is 14.0. The van der Waals surface area contributed by atoms with Gasteiger partial charge in [-0.25, -0.2) is 4.39 Å². The molecule has 2 aromatic carbocycles. The number of likely N-dealkylation sites (tertiary alicyclic amines) is 1. The summed E-state index contributed by atoms with van der Waals surface area (Å²) in [5.74, 6) is -1.22. The molecule has 0 bridgehead atoms. The van der Waals surface area contributed by atoms with Crippen molar-refractivity contribution in [1.82, 2.24) is 4.90 Å². The van der Waals surface area contributed by atoms with E-state index < -0.39 is 11.7 Å². The minimum atomic E-state index is -0.533. The fourth-order valence-electron chi connectivity index (χ4n) is 5.23. The van der Waals surface area contributed by atoms with Crippen LogP contribution in [0, 0.1) is 5.82 Å². The number of benzene rings is 2. The molecule has 0 unspecified atom stereocenters. The van der Waals surface area contributed by atoms with Gasteiger partial charge in [0.05, 0.1) is 17.1 Å². The van der Waals surface area contributed by atoms with Gasteiger partial charge in [0.2, 0.25) is 11.8 Å². The molecular formula is C26H29FN4O3. The second-order valence-corrected chi connectivity index (χ2v) is 9.21. The predicted octanol–water partition coefficient (Wildman–Crippen LogP) is 3.80. The Morgan fingerprint density at radius 3 is 2.50 bits per heavy atom. The molecule has 7 nitrogen and oxygen atoms in total. The molecule has 0 radical (unpaired) electrons. The number of carbonyl (C=O) groups is 3. The molecule has 0 aliphatic carbocycles. The van der Waals surface area contributed by atoms with E-state index in [0.29, 0.717) is 11.3 Å². The van der Waals surface area contributed by atoms with E-state index in [4.69, 9.17) is 0 Å². The molecule has 0 aromatic heterocycles. The number of halogens is 1. The number of hydrogen-bond acceptors (Lipinski definition) is 4. The third-order valence-electron chi connectivity index (χ3n) is 6.97. The summed E-state index contributed by atoms with van der Waals surface area (Å²) >= 11 is 0. The second kappa shape index (κ2) is 9.44. The van der Waals surface area contributed by atoms with Gasteiger partial charge >= 0.3 is 0 Å². The van der Waals surface area contributed by atoms with Gasteiger partial charge in [0.25, 0.3) is 5.91 Å². The van der Waals surface area contributed by atoms with E-state index in [1.165, 1.54) is 17.0 Å².